The molecule has 0 bridgehead atoms. The van der Waals surface area contributed by atoms with Crippen LogP contribution in [0.5, 0.6) is 11.5 Å². The van der Waals surface area contributed by atoms with E-state index in [1.54, 1.807) is 0 Å². The molecule has 278 valence electrons. The molecule has 59 heavy (non-hydrogen) atoms. The zero-order chi connectivity index (χ0) is 38.9. The smallest absolute Gasteiger partial charge is 0.156 e. The third kappa shape index (κ3) is 5.00. The summed E-state index contributed by atoms with van der Waals surface area (Å²) in [6.07, 6.45) is 0. The van der Waals surface area contributed by atoms with Crippen molar-refractivity contribution in [3.63, 3.8) is 0 Å². The molecule has 0 radical (unpaired) electrons. The Labute approximate surface area is 347 Å². The molecule has 0 N–H and O–H groups in total. The Bertz CT molecular complexity index is 3140. The summed E-state index contributed by atoms with van der Waals surface area (Å²) in [6.45, 7) is 0. The van der Waals surface area contributed by atoms with Crippen molar-refractivity contribution in [3.8, 4) is 22.6 Å². The van der Waals surface area contributed by atoms with Crippen LogP contribution in [-0.4, -0.2) is 0 Å². The lowest BCUT2D eigenvalue weighted by Gasteiger charge is -2.41. The van der Waals surface area contributed by atoms with Gasteiger partial charge in [0.05, 0.1) is 16.8 Å². The molecule has 0 atom stereocenters. The maximum atomic E-state index is 7.30. The summed E-state index contributed by atoms with van der Waals surface area (Å²) in [5, 5.41) is 2.46. The van der Waals surface area contributed by atoms with Gasteiger partial charge in [0.25, 0.3) is 0 Å². The average molecular weight is 773 g/mol. The third-order valence-electron chi connectivity index (χ3n) is 12.1. The molecule has 4 heteroatoms. The summed E-state index contributed by atoms with van der Waals surface area (Å²) < 4.78 is 9.80. The van der Waals surface area contributed by atoms with Crippen molar-refractivity contribution in [1.29, 1.82) is 0 Å². The van der Waals surface area contributed by atoms with Gasteiger partial charge < -0.3 is 14.5 Å². The van der Waals surface area contributed by atoms with Crippen molar-refractivity contribution in [2.75, 3.05) is 9.80 Å². The molecule has 1 aliphatic heterocycles. The molecule has 2 aliphatic rings. The summed E-state index contributed by atoms with van der Waals surface area (Å²) >= 11 is 1.84. The van der Waals surface area contributed by atoms with Crippen molar-refractivity contribution in [2.24, 2.45) is 0 Å². The quantitative estimate of drug-likeness (QED) is 0.167. The number of hydrogen-bond acceptors (Lipinski definition) is 4. The maximum Gasteiger partial charge on any atom is 0.156 e. The molecular formula is C55H36N2OS. The standard InChI is InChI=1S/C55H36N2OS/c1-3-18-37(19-4-1)56(38-20-5-2-6-21-38)39-22-15-23-40(36-39)57(48-31-17-35-52-53(48)43-26-9-14-34-51(43)59-52)49-32-16-30-47-54(49)58-50-33-13-12-29-46(50)55(47)44-27-10-7-24-41(44)42-25-8-11-28-45(42)55/h1-36H. The minimum Gasteiger partial charge on any atom is -0.454 e. The molecule has 10 aromatic rings. The van der Waals surface area contributed by atoms with E-state index in [4.69, 9.17) is 4.74 Å². The minimum absolute atomic E-state index is 0.584. The van der Waals surface area contributed by atoms with E-state index in [9.17, 15) is 0 Å². The molecule has 0 saturated carbocycles. The van der Waals surface area contributed by atoms with E-state index in [2.05, 4.69) is 228 Å². The number of thiophene rings is 1. The van der Waals surface area contributed by atoms with Crippen LogP contribution < -0.4 is 14.5 Å². The fourth-order valence-electron chi connectivity index (χ4n) is 9.76. The summed E-state index contributed by atoms with van der Waals surface area (Å²) in [7, 11) is 0. The van der Waals surface area contributed by atoms with E-state index in [0.717, 1.165) is 56.8 Å². The topological polar surface area (TPSA) is 15.7 Å². The van der Waals surface area contributed by atoms with E-state index < -0.39 is 5.41 Å². The molecule has 0 saturated heterocycles. The minimum atomic E-state index is -0.584. The monoisotopic (exact) mass is 772 g/mol. The molecule has 12 rings (SSSR count). The fraction of sp³-hybridized carbons (Fsp3) is 0.0182. The van der Waals surface area contributed by atoms with E-state index >= 15 is 0 Å². The van der Waals surface area contributed by atoms with Gasteiger partial charge >= 0.3 is 0 Å². The highest BCUT2D eigenvalue weighted by atomic mass is 32.1. The summed E-state index contributed by atoms with van der Waals surface area (Å²) in [5.41, 5.74) is 13.1. The zero-order valence-electron chi connectivity index (χ0n) is 32.0. The molecule has 3 nitrogen and oxygen atoms in total. The summed E-state index contributed by atoms with van der Waals surface area (Å²) in [6, 6.07) is 78.9. The Hall–Kier alpha value is -7.40. The molecule has 1 aromatic heterocycles. The first-order valence-electron chi connectivity index (χ1n) is 20.1. The largest absolute Gasteiger partial charge is 0.454 e. The molecule has 0 amide bonds. The number of ether oxygens (including phenoxy) is 1. The number of fused-ring (bicyclic) bond motifs is 12. The van der Waals surface area contributed by atoms with E-state index in [-0.39, 0.29) is 0 Å². The van der Waals surface area contributed by atoms with Gasteiger partial charge in [0.2, 0.25) is 0 Å². The van der Waals surface area contributed by atoms with Gasteiger partial charge in [-0.05, 0) is 95.1 Å². The lowest BCUT2D eigenvalue weighted by Crippen LogP contribution is -2.32. The highest BCUT2D eigenvalue weighted by Gasteiger charge is 2.51. The van der Waals surface area contributed by atoms with Crippen LogP contribution in [0.2, 0.25) is 0 Å². The van der Waals surface area contributed by atoms with Crippen LogP contribution >= 0.6 is 11.3 Å². The molecule has 2 heterocycles. The first-order valence-corrected chi connectivity index (χ1v) is 20.9. The second kappa shape index (κ2) is 13.3. The van der Waals surface area contributed by atoms with Gasteiger partial charge in [-0.1, -0.05) is 146 Å². The summed E-state index contributed by atoms with van der Waals surface area (Å²) in [4.78, 5) is 4.77. The highest BCUT2D eigenvalue weighted by Crippen LogP contribution is 2.64. The predicted octanol–water partition coefficient (Wildman–Crippen LogP) is 15.5. The normalized spacial score (nSPS) is 13.0. The maximum absolute atomic E-state index is 7.30. The molecular weight excluding hydrogens is 737 g/mol. The lowest BCUT2D eigenvalue weighted by atomic mass is 9.66. The van der Waals surface area contributed by atoms with E-state index in [1.165, 1.54) is 42.4 Å². The SMILES string of the molecule is c1ccc(N(c2ccccc2)c2cccc(N(c3cccc4c3Oc3ccccc3C43c4ccccc4-c4ccccc43)c3cccc4sc5ccccc5c34)c2)cc1. The lowest BCUT2D eigenvalue weighted by molar-refractivity contribution is 0.437. The first-order chi connectivity index (χ1) is 29.3. The van der Waals surface area contributed by atoms with Gasteiger partial charge in [-0.25, -0.2) is 0 Å². The Kier molecular flexibility index (Phi) is 7.62. The van der Waals surface area contributed by atoms with Crippen LogP contribution in [0.25, 0.3) is 31.3 Å². The molecule has 1 spiro atoms. The number of para-hydroxylation sites is 4. The van der Waals surface area contributed by atoms with Gasteiger partial charge in [0.15, 0.2) is 5.75 Å². The van der Waals surface area contributed by atoms with Gasteiger partial charge in [0.1, 0.15) is 5.75 Å². The van der Waals surface area contributed by atoms with Crippen molar-refractivity contribution < 1.29 is 4.74 Å². The molecule has 1 aliphatic carbocycles. The Morgan fingerprint density at radius 1 is 0.373 bits per heavy atom. The zero-order valence-corrected chi connectivity index (χ0v) is 32.8. The third-order valence-corrected chi connectivity index (χ3v) is 13.2. The Morgan fingerprint density at radius 3 is 1.61 bits per heavy atom. The van der Waals surface area contributed by atoms with E-state index in [0.29, 0.717) is 0 Å². The van der Waals surface area contributed by atoms with Crippen LogP contribution in [0, 0.1) is 0 Å². The second-order valence-corrected chi connectivity index (χ2v) is 16.3. The van der Waals surface area contributed by atoms with Crippen molar-refractivity contribution in [3.05, 3.63) is 241 Å². The van der Waals surface area contributed by atoms with Crippen LogP contribution in [0.1, 0.15) is 22.3 Å². The Balaban J connectivity index is 1.16. The number of benzene rings is 9. The predicted molar refractivity (Wildman–Crippen MR) is 246 cm³/mol. The average Bonchev–Trinajstić information content (AvgIpc) is 3.83. The molecule has 9 aromatic carbocycles. The van der Waals surface area contributed by atoms with Crippen molar-refractivity contribution in [2.45, 2.75) is 5.41 Å². The number of hydrogen-bond donors (Lipinski definition) is 0. The van der Waals surface area contributed by atoms with Gasteiger partial charge in [-0.15, -0.1) is 11.3 Å². The van der Waals surface area contributed by atoms with Crippen molar-refractivity contribution in [1.82, 2.24) is 0 Å². The first kappa shape index (κ1) is 33.7. The van der Waals surface area contributed by atoms with Crippen LogP contribution in [0.3, 0.4) is 0 Å². The van der Waals surface area contributed by atoms with E-state index in [1.807, 2.05) is 11.3 Å². The molecule has 0 unspecified atom stereocenters. The van der Waals surface area contributed by atoms with Crippen LogP contribution in [-0.2, 0) is 5.41 Å². The van der Waals surface area contributed by atoms with Gasteiger partial charge in [0, 0.05) is 54.0 Å². The van der Waals surface area contributed by atoms with Crippen LogP contribution in [0.4, 0.5) is 34.1 Å². The number of rotatable bonds is 6. The molecule has 0 fully saturated rings. The Morgan fingerprint density at radius 2 is 0.881 bits per heavy atom. The van der Waals surface area contributed by atoms with Crippen molar-refractivity contribution >= 4 is 65.6 Å². The number of nitrogens with zero attached hydrogens (tertiary/aromatic N) is 2. The van der Waals surface area contributed by atoms with Crippen LogP contribution in [0.15, 0.2) is 218 Å². The highest BCUT2D eigenvalue weighted by molar-refractivity contribution is 7.26. The van der Waals surface area contributed by atoms with Gasteiger partial charge in [-0.2, -0.15) is 0 Å². The fourth-order valence-corrected chi connectivity index (χ4v) is 10.9. The number of anilines is 6. The second-order valence-electron chi connectivity index (χ2n) is 15.2. The van der Waals surface area contributed by atoms with Gasteiger partial charge in [-0.3, -0.25) is 0 Å². The summed E-state index contributed by atoms with van der Waals surface area (Å²) in [5.74, 6) is 1.72.